The van der Waals surface area contributed by atoms with Gasteiger partial charge in [-0.3, -0.25) is 9.69 Å². The molecule has 0 radical (unpaired) electrons. The molecule has 0 spiro atoms. The Morgan fingerprint density at radius 1 is 1.35 bits per heavy atom. The molecule has 5 N–H and O–H groups in total. The number of nitrogens with two attached hydrogens (primary N) is 2. The lowest BCUT2D eigenvalue weighted by Crippen LogP contribution is -2.58. The molecule has 31 heavy (non-hydrogen) atoms. The van der Waals surface area contributed by atoms with E-state index < -0.39 is 0 Å². The molecular weight excluding hydrogens is 416 g/mol. The second-order valence-electron chi connectivity index (χ2n) is 8.37. The molecule has 2 fully saturated rings. The van der Waals surface area contributed by atoms with Crippen LogP contribution >= 0.6 is 11.6 Å². The number of fused-ring (bicyclic) bond motifs is 2. The highest BCUT2D eigenvalue weighted by Gasteiger charge is 2.40. The van der Waals surface area contributed by atoms with Gasteiger partial charge in [-0.05, 0) is 45.6 Å². The van der Waals surface area contributed by atoms with Crippen molar-refractivity contribution in [2.45, 2.75) is 64.1 Å². The Bertz CT molecular complexity index is 840. The van der Waals surface area contributed by atoms with E-state index in [0.29, 0.717) is 47.8 Å². The molecule has 2 bridgehead atoms. The van der Waals surface area contributed by atoms with Crippen LogP contribution in [0.25, 0.3) is 0 Å². The lowest BCUT2D eigenvalue weighted by atomic mass is 9.81. The fourth-order valence-corrected chi connectivity index (χ4v) is 4.79. The van der Waals surface area contributed by atoms with Crippen LogP contribution in [0.3, 0.4) is 0 Å². The lowest BCUT2D eigenvalue weighted by molar-refractivity contribution is -0.125. The number of nitrogens with zero attached hydrogens (tertiary/aromatic N) is 5. The molecule has 0 aromatic carbocycles. The summed E-state index contributed by atoms with van der Waals surface area (Å²) in [5.41, 5.74) is 12.1. The van der Waals surface area contributed by atoms with E-state index in [1.165, 1.54) is 6.42 Å². The average molecular weight is 449 g/mol. The van der Waals surface area contributed by atoms with E-state index in [1.807, 2.05) is 14.0 Å². The van der Waals surface area contributed by atoms with Gasteiger partial charge in [-0.2, -0.15) is 4.98 Å². The minimum Gasteiger partial charge on any atom is -0.402 e. The first kappa shape index (κ1) is 23.3. The van der Waals surface area contributed by atoms with Crippen LogP contribution in [0.1, 0.15) is 46.0 Å². The van der Waals surface area contributed by atoms with Crippen LogP contribution in [0.5, 0.6) is 0 Å². The SMILES string of the molecule is CCNC(=O)CN1[C@@H]2CCC[C@H]1CC(N(C)c1nc(Cl)cc(N=C(N)/C=C(/C)N)n1)C2. The van der Waals surface area contributed by atoms with Gasteiger partial charge in [0.2, 0.25) is 11.9 Å². The van der Waals surface area contributed by atoms with E-state index in [-0.39, 0.29) is 17.8 Å². The number of aromatic nitrogens is 2. The first-order valence-electron chi connectivity index (χ1n) is 10.8. The van der Waals surface area contributed by atoms with Crippen LogP contribution in [0.4, 0.5) is 11.8 Å². The zero-order chi connectivity index (χ0) is 22.5. The highest BCUT2D eigenvalue weighted by atomic mass is 35.5. The highest BCUT2D eigenvalue weighted by molar-refractivity contribution is 6.29. The van der Waals surface area contributed by atoms with Gasteiger partial charge in [-0.1, -0.05) is 18.0 Å². The Hall–Kier alpha value is -2.39. The Labute approximate surface area is 188 Å². The summed E-state index contributed by atoms with van der Waals surface area (Å²) >= 11 is 6.25. The Balaban J connectivity index is 1.76. The summed E-state index contributed by atoms with van der Waals surface area (Å²) in [7, 11) is 1.99. The van der Waals surface area contributed by atoms with Crippen molar-refractivity contribution in [2.24, 2.45) is 16.5 Å². The van der Waals surface area contributed by atoms with Gasteiger partial charge in [0.15, 0.2) is 5.82 Å². The van der Waals surface area contributed by atoms with E-state index in [0.717, 1.165) is 25.7 Å². The van der Waals surface area contributed by atoms with Gasteiger partial charge in [0.1, 0.15) is 11.0 Å². The standard InChI is InChI=1S/C21H33ClN8O/c1-4-25-20(31)12-30-14-6-5-7-15(30)10-16(9-14)29(3)21-26-17(22)11-19(28-21)27-18(24)8-13(2)23/h8,11,14-16H,4-7,9-10,12,23H2,1-3H3,(H,25,31)(H2,24,26,27,28)/b13-8-/t14-,15+,16?. The second kappa shape index (κ2) is 10.3. The Morgan fingerprint density at radius 2 is 2.03 bits per heavy atom. The predicted octanol–water partition coefficient (Wildman–Crippen LogP) is 1.94. The number of rotatable bonds is 7. The van der Waals surface area contributed by atoms with E-state index in [1.54, 1.807) is 19.1 Å². The van der Waals surface area contributed by atoms with Crippen molar-refractivity contribution in [1.29, 1.82) is 0 Å². The number of piperidine rings is 2. The van der Waals surface area contributed by atoms with Crippen LogP contribution in [-0.2, 0) is 4.79 Å². The fraction of sp³-hybridized carbons (Fsp3) is 0.619. The van der Waals surface area contributed by atoms with E-state index in [9.17, 15) is 4.79 Å². The van der Waals surface area contributed by atoms with Crippen LogP contribution in [0.15, 0.2) is 22.8 Å². The summed E-state index contributed by atoms with van der Waals surface area (Å²) in [5.74, 6) is 1.28. The van der Waals surface area contributed by atoms with Crippen LogP contribution in [0, 0.1) is 0 Å². The maximum Gasteiger partial charge on any atom is 0.234 e. The number of amidine groups is 1. The zero-order valence-electron chi connectivity index (χ0n) is 18.5. The number of carbonyl (C=O) groups excluding carboxylic acids is 1. The summed E-state index contributed by atoms with van der Waals surface area (Å²) < 4.78 is 0. The van der Waals surface area contributed by atoms with E-state index in [4.69, 9.17) is 23.1 Å². The Kier molecular flexibility index (Phi) is 7.72. The number of amides is 1. The number of carbonyl (C=O) groups is 1. The summed E-state index contributed by atoms with van der Waals surface area (Å²) in [6, 6.07) is 2.61. The molecule has 0 saturated carbocycles. The van der Waals surface area contributed by atoms with Crippen LogP contribution < -0.4 is 21.7 Å². The number of anilines is 1. The highest BCUT2D eigenvalue weighted by Crippen LogP contribution is 2.36. The van der Waals surface area contributed by atoms with Crippen molar-refractivity contribution in [3.8, 4) is 0 Å². The van der Waals surface area contributed by atoms with Gasteiger partial charge >= 0.3 is 0 Å². The van der Waals surface area contributed by atoms with Crippen LogP contribution in [0.2, 0.25) is 5.15 Å². The minimum atomic E-state index is 0.103. The molecular formula is C21H33ClN8O. The number of aliphatic imine (C=N–C) groups is 1. The van der Waals surface area contributed by atoms with Crippen molar-refractivity contribution >= 4 is 35.1 Å². The molecule has 2 saturated heterocycles. The first-order chi connectivity index (χ1) is 14.8. The monoisotopic (exact) mass is 448 g/mol. The van der Waals surface area contributed by atoms with E-state index >= 15 is 0 Å². The maximum absolute atomic E-state index is 12.2. The van der Waals surface area contributed by atoms with Gasteiger partial charge in [-0.25, -0.2) is 9.98 Å². The number of nitrogens with one attached hydrogen (secondary N) is 1. The Morgan fingerprint density at radius 3 is 2.65 bits per heavy atom. The molecule has 10 heteroatoms. The first-order valence-corrected chi connectivity index (χ1v) is 11.2. The molecule has 9 nitrogen and oxygen atoms in total. The van der Waals surface area contributed by atoms with Crippen molar-refractivity contribution < 1.29 is 4.79 Å². The largest absolute Gasteiger partial charge is 0.402 e. The fourth-order valence-electron chi connectivity index (χ4n) is 4.61. The van der Waals surface area contributed by atoms with Crippen molar-refractivity contribution in [3.63, 3.8) is 0 Å². The van der Waals surface area contributed by atoms with Gasteiger partial charge in [0.05, 0.1) is 6.54 Å². The zero-order valence-corrected chi connectivity index (χ0v) is 19.3. The maximum atomic E-state index is 12.2. The molecule has 3 atom stereocenters. The third-order valence-electron chi connectivity index (χ3n) is 5.95. The minimum absolute atomic E-state index is 0.103. The lowest BCUT2D eigenvalue weighted by Gasteiger charge is -2.50. The van der Waals surface area contributed by atoms with Gasteiger partial charge < -0.3 is 21.7 Å². The summed E-state index contributed by atoms with van der Waals surface area (Å²) in [4.78, 5) is 29.9. The van der Waals surface area contributed by atoms with Gasteiger partial charge in [0.25, 0.3) is 0 Å². The molecule has 2 aliphatic rings. The number of halogens is 1. The summed E-state index contributed by atoms with van der Waals surface area (Å²) in [6.45, 7) is 4.82. The molecule has 170 valence electrons. The molecule has 1 aromatic rings. The smallest absolute Gasteiger partial charge is 0.234 e. The topological polar surface area (TPSA) is 126 Å². The summed E-state index contributed by atoms with van der Waals surface area (Å²) in [6.07, 6.45) is 6.90. The van der Waals surface area contributed by atoms with E-state index in [2.05, 4.69) is 30.1 Å². The number of likely N-dealkylation sites (N-methyl/N-ethyl adjacent to an activating group) is 1. The molecule has 1 unspecified atom stereocenters. The van der Waals surface area contributed by atoms with Crippen LogP contribution in [-0.4, -0.2) is 64.9 Å². The molecule has 3 heterocycles. The average Bonchev–Trinajstić information content (AvgIpc) is 2.66. The molecule has 1 aromatic heterocycles. The van der Waals surface area contributed by atoms with Crippen molar-refractivity contribution in [1.82, 2.24) is 20.2 Å². The molecule has 2 aliphatic heterocycles. The summed E-state index contributed by atoms with van der Waals surface area (Å²) in [5, 5.41) is 3.23. The van der Waals surface area contributed by atoms with Gasteiger partial charge in [0, 0.05) is 43.5 Å². The van der Waals surface area contributed by atoms with Gasteiger partial charge in [-0.15, -0.1) is 0 Å². The molecule has 1 amide bonds. The molecule has 3 rings (SSSR count). The predicted molar refractivity (Wildman–Crippen MR) is 125 cm³/mol. The molecule has 0 aliphatic carbocycles. The number of hydrogen-bond acceptors (Lipinski definition) is 7. The third-order valence-corrected chi connectivity index (χ3v) is 6.15. The number of allylic oxidation sites excluding steroid dienone is 1. The second-order valence-corrected chi connectivity index (χ2v) is 8.76. The van der Waals surface area contributed by atoms with Crippen molar-refractivity contribution in [2.75, 3.05) is 25.0 Å². The quantitative estimate of drug-likeness (QED) is 0.330. The van der Waals surface area contributed by atoms with Crippen molar-refractivity contribution in [3.05, 3.63) is 23.0 Å². The normalized spacial score (nSPS) is 24.7. The number of hydrogen-bond donors (Lipinski definition) is 3. The third kappa shape index (κ3) is 6.07.